The monoisotopic (exact) mass is 329 g/mol. The Kier molecular flexibility index (Phi) is 5.88. The van der Waals surface area contributed by atoms with E-state index in [1.54, 1.807) is 11.8 Å². The average Bonchev–Trinajstić information content (AvgIpc) is 2.62. The molecule has 2 aromatic rings. The maximum atomic E-state index is 5.71. The van der Waals surface area contributed by atoms with Crippen molar-refractivity contribution >= 4 is 17.6 Å². The van der Waals surface area contributed by atoms with Gasteiger partial charge in [0.15, 0.2) is 0 Å². The van der Waals surface area contributed by atoms with Gasteiger partial charge in [-0.15, -0.1) is 11.8 Å². The van der Waals surface area contributed by atoms with Crippen molar-refractivity contribution in [2.24, 2.45) is 0 Å². The van der Waals surface area contributed by atoms with Crippen LogP contribution in [0.1, 0.15) is 25.3 Å². The van der Waals surface area contributed by atoms with E-state index in [0.717, 1.165) is 49.1 Å². The Balaban J connectivity index is 1.57. The van der Waals surface area contributed by atoms with Crippen LogP contribution in [0.4, 0.5) is 5.82 Å². The molecule has 1 aliphatic rings. The van der Waals surface area contributed by atoms with Gasteiger partial charge in [0.1, 0.15) is 10.8 Å². The molecular weight excluding hydrogens is 306 g/mol. The molecule has 5 heteroatoms. The van der Waals surface area contributed by atoms with E-state index in [9.17, 15) is 0 Å². The van der Waals surface area contributed by atoms with Gasteiger partial charge in [0.05, 0.1) is 18.5 Å². The van der Waals surface area contributed by atoms with Crippen LogP contribution in [0.3, 0.4) is 0 Å². The fourth-order valence-corrected chi connectivity index (χ4v) is 3.58. The zero-order valence-corrected chi connectivity index (χ0v) is 14.3. The number of rotatable bonds is 6. The first-order valence-corrected chi connectivity index (χ1v) is 9.19. The van der Waals surface area contributed by atoms with E-state index in [1.807, 2.05) is 18.5 Å². The zero-order chi connectivity index (χ0) is 15.9. The second-order valence-electron chi connectivity index (χ2n) is 5.63. The highest BCUT2D eigenvalue weighted by Crippen LogP contribution is 2.24. The third-order valence-electron chi connectivity index (χ3n) is 4.00. The Morgan fingerprint density at radius 2 is 1.96 bits per heavy atom. The van der Waals surface area contributed by atoms with Gasteiger partial charge in [-0.2, -0.15) is 0 Å². The molecule has 23 heavy (non-hydrogen) atoms. The smallest absolute Gasteiger partial charge is 0.148 e. The number of piperidine rings is 1. The number of aromatic nitrogens is 2. The summed E-state index contributed by atoms with van der Waals surface area (Å²) in [4.78, 5) is 11.5. The van der Waals surface area contributed by atoms with Gasteiger partial charge in [-0.25, -0.2) is 4.98 Å². The molecule has 0 unspecified atom stereocenters. The minimum atomic E-state index is 0.403. The van der Waals surface area contributed by atoms with Crippen LogP contribution in [0.2, 0.25) is 0 Å². The van der Waals surface area contributed by atoms with Crippen molar-refractivity contribution in [1.82, 2.24) is 9.97 Å². The second kappa shape index (κ2) is 8.31. The maximum absolute atomic E-state index is 5.71. The maximum Gasteiger partial charge on any atom is 0.148 e. The summed E-state index contributed by atoms with van der Waals surface area (Å²) in [5.41, 5.74) is 1.31. The molecule has 0 amide bonds. The molecule has 1 aromatic carbocycles. The minimum absolute atomic E-state index is 0.403. The highest BCUT2D eigenvalue weighted by atomic mass is 32.2. The molecule has 0 radical (unpaired) electrons. The zero-order valence-electron chi connectivity index (χ0n) is 13.5. The lowest BCUT2D eigenvalue weighted by Gasteiger charge is -2.32. The summed E-state index contributed by atoms with van der Waals surface area (Å²) in [6.45, 7) is 4.85. The first-order valence-electron chi connectivity index (χ1n) is 8.20. The highest BCUT2D eigenvalue weighted by molar-refractivity contribution is 7.98. The molecule has 0 atom stereocenters. The number of benzene rings is 1. The van der Waals surface area contributed by atoms with Crippen molar-refractivity contribution in [3.05, 3.63) is 48.3 Å². The van der Waals surface area contributed by atoms with E-state index in [2.05, 4.69) is 41.1 Å². The van der Waals surface area contributed by atoms with Crippen LogP contribution in [-0.2, 0) is 10.5 Å². The van der Waals surface area contributed by atoms with Crippen molar-refractivity contribution in [1.29, 1.82) is 0 Å². The minimum Gasteiger partial charge on any atom is -0.378 e. The Morgan fingerprint density at radius 1 is 1.17 bits per heavy atom. The predicted molar refractivity (Wildman–Crippen MR) is 94.9 cm³/mol. The van der Waals surface area contributed by atoms with Gasteiger partial charge < -0.3 is 9.64 Å². The first kappa shape index (κ1) is 16.3. The molecule has 4 nitrogen and oxygen atoms in total. The first-order chi connectivity index (χ1) is 11.3. The van der Waals surface area contributed by atoms with E-state index in [0.29, 0.717) is 6.10 Å². The van der Waals surface area contributed by atoms with Crippen LogP contribution < -0.4 is 4.90 Å². The van der Waals surface area contributed by atoms with Gasteiger partial charge in [-0.05, 0) is 25.3 Å². The number of thioether (sulfide) groups is 1. The molecule has 1 fully saturated rings. The molecule has 0 N–H and O–H groups in total. The topological polar surface area (TPSA) is 38.2 Å². The van der Waals surface area contributed by atoms with Crippen LogP contribution in [0.5, 0.6) is 0 Å². The van der Waals surface area contributed by atoms with E-state index in [1.165, 1.54) is 5.56 Å². The quantitative estimate of drug-likeness (QED) is 0.754. The largest absolute Gasteiger partial charge is 0.378 e. The summed E-state index contributed by atoms with van der Waals surface area (Å²) in [6.07, 6.45) is 6.26. The number of nitrogens with zero attached hydrogens (tertiary/aromatic N) is 3. The van der Waals surface area contributed by atoms with Gasteiger partial charge >= 0.3 is 0 Å². The summed E-state index contributed by atoms with van der Waals surface area (Å²) in [5.74, 6) is 1.91. The number of hydrogen-bond donors (Lipinski definition) is 0. The van der Waals surface area contributed by atoms with Gasteiger partial charge in [-0.3, -0.25) is 4.98 Å². The fourth-order valence-electron chi connectivity index (χ4n) is 2.78. The molecule has 3 rings (SSSR count). The molecule has 1 aromatic heterocycles. The Morgan fingerprint density at radius 3 is 2.70 bits per heavy atom. The summed E-state index contributed by atoms with van der Waals surface area (Å²) < 4.78 is 5.71. The van der Waals surface area contributed by atoms with Crippen molar-refractivity contribution in [3.63, 3.8) is 0 Å². The van der Waals surface area contributed by atoms with Crippen LogP contribution in [-0.4, -0.2) is 35.8 Å². The normalized spacial score (nSPS) is 15.8. The van der Waals surface area contributed by atoms with E-state index >= 15 is 0 Å². The lowest BCUT2D eigenvalue weighted by Crippen LogP contribution is -2.37. The molecule has 2 heterocycles. The highest BCUT2D eigenvalue weighted by Gasteiger charge is 2.20. The van der Waals surface area contributed by atoms with Crippen LogP contribution in [0.25, 0.3) is 0 Å². The third-order valence-corrected chi connectivity index (χ3v) is 4.97. The van der Waals surface area contributed by atoms with Crippen molar-refractivity contribution in [2.75, 3.05) is 24.6 Å². The molecule has 1 saturated heterocycles. The van der Waals surface area contributed by atoms with Gasteiger partial charge in [0.2, 0.25) is 0 Å². The van der Waals surface area contributed by atoms with Crippen molar-refractivity contribution < 1.29 is 4.74 Å². The SMILES string of the molecule is CCOC1CCN(c2cncc(SCc3ccccc3)n2)CC1. The molecule has 0 spiro atoms. The summed E-state index contributed by atoms with van der Waals surface area (Å²) in [5, 5.41) is 0.985. The average molecular weight is 329 g/mol. The lowest BCUT2D eigenvalue weighted by molar-refractivity contribution is 0.0458. The molecule has 1 aliphatic heterocycles. The Bertz CT molecular complexity index is 600. The Labute approximate surface area is 142 Å². The van der Waals surface area contributed by atoms with Crippen molar-refractivity contribution in [3.8, 4) is 0 Å². The van der Waals surface area contributed by atoms with Crippen LogP contribution in [0.15, 0.2) is 47.8 Å². The van der Waals surface area contributed by atoms with Crippen LogP contribution >= 0.6 is 11.8 Å². The second-order valence-corrected chi connectivity index (χ2v) is 6.63. The predicted octanol–water partition coefficient (Wildman–Crippen LogP) is 3.77. The number of anilines is 1. The van der Waals surface area contributed by atoms with E-state index < -0.39 is 0 Å². The van der Waals surface area contributed by atoms with Gasteiger partial charge in [0.25, 0.3) is 0 Å². The lowest BCUT2D eigenvalue weighted by atomic mass is 10.1. The molecule has 0 aliphatic carbocycles. The summed E-state index contributed by atoms with van der Waals surface area (Å²) >= 11 is 1.74. The molecule has 0 bridgehead atoms. The summed E-state index contributed by atoms with van der Waals surface area (Å²) in [7, 11) is 0. The standard InChI is InChI=1S/C18H23N3OS/c1-2-22-16-8-10-21(11-9-16)17-12-19-13-18(20-17)23-14-15-6-4-3-5-7-15/h3-7,12-13,16H,2,8-11,14H2,1H3. The van der Waals surface area contributed by atoms with E-state index in [4.69, 9.17) is 9.72 Å². The third kappa shape index (κ3) is 4.69. The fraction of sp³-hybridized carbons (Fsp3) is 0.444. The molecular formula is C18H23N3OS. The van der Waals surface area contributed by atoms with Gasteiger partial charge in [0, 0.05) is 25.4 Å². The number of ether oxygens (including phenoxy) is 1. The van der Waals surface area contributed by atoms with Crippen LogP contribution in [0, 0.1) is 0 Å². The van der Waals surface area contributed by atoms with Crippen molar-refractivity contribution in [2.45, 2.75) is 36.6 Å². The number of hydrogen-bond acceptors (Lipinski definition) is 5. The molecule has 0 saturated carbocycles. The molecule has 122 valence electrons. The summed E-state index contributed by atoms with van der Waals surface area (Å²) in [6, 6.07) is 10.5. The van der Waals surface area contributed by atoms with E-state index in [-0.39, 0.29) is 0 Å². The van der Waals surface area contributed by atoms with Gasteiger partial charge in [-0.1, -0.05) is 30.3 Å². The Hall–Kier alpha value is -1.59.